The van der Waals surface area contributed by atoms with Crippen molar-refractivity contribution < 1.29 is 18.8 Å². The van der Waals surface area contributed by atoms with Crippen LogP contribution in [0.5, 0.6) is 0 Å². The van der Waals surface area contributed by atoms with E-state index in [0.29, 0.717) is 22.8 Å². The van der Waals surface area contributed by atoms with E-state index in [1.165, 1.54) is 6.08 Å². The fourth-order valence-corrected chi connectivity index (χ4v) is 2.92. The standard InChI is InChI=1S/C19H18N2O4/c1-10-5-11(2)7-15(6-10)21-18(23)16(17(22)20-19(21)24)9-14-8-12(3)25-13(14)4/h5-9H,1-4H3,(H,20,22,24)/b16-9+. The lowest BCUT2D eigenvalue weighted by Gasteiger charge is -2.26. The normalized spacial score (nSPS) is 16.6. The molecule has 0 bridgehead atoms. The molecule has 1 aliphatic rings. The number of furan rings is 1. The second-order valence-corrected chi connectivity index (χ2v) is 6.17. The average molecular weight is 338 g/mol. The minimum atomic E-state index is -0.753. The van der Waals surface area contributed by atoms with E-state index < -0.39 is 17.8 Å². The maximum atomic E-state index is 12.8. The Morgan fingerprint density at radius 2 is 1.60 bits per heavy atom. The number of carbonyl (C=O) groups excluding carboxylic acids is 3. The van der Waals surface area contributed by atoms with E-state index in [4.69, 9.17) is 4.42 Å². The predicted octanol–water partition coefficient (Wildman–Crippen LogP) is 3.18. The molecule has 1 fully saturated rings. The highest BCUT2D eigenvalue weighted by Crippen LogP contribution is 2.25. The maximum Gasteiger partial charge on any atom is 0.335 e. The average Bonchev–Trinajstić information content (AvgIpc) is 2.80. The van der Waals surface area contributed by atoms with Gasteiger partial charge < -0.3 is 4.42 Å². The Hall–Kier alpha value is -3.15. The Kier molecular flexibility index (Phi) is 4.04. The number of carbonyl (C=O) groups is 3. The van der Waals surface area contributed by atoms with E-state index in [2.05, 4.69) is 5.32 Å². The van der Waals surface area contributed by atoms with Crippen molar-refractivity contribution in [1.82, 2.24) is 5.32 Å². The number of hydrogen-bond acceptors (Lipinski definition) is 4. The number of anilines is 1. The van der Waals surface area contributed by atoms with Crippen LogP contribution in [0.1, 0.15) is 28.2 Å². The lowest BCUT2D eigenvalue weighted by Crippen LogP contribution is -2.54. The molecule has 128 valence electrons. The molecule has 0 spiro atoms. The molecule has 1 aromatic carbocycles. The first kappa shape index (κ1) is 16.7. The van der Waals surface area contributed by atoms with Crippen LogP contribution >= 0.6 is 0 Å². The van der Waals surface area contributed by atoms with Crippen molar-refractivity contribution in [2.75, 3.05) is 4.90 Å². The quantitative estimate of drug-likeness (QED) is 0.674. The minimum Gasteiger partial charge on any atom is -0.466 e. The van der Waals surface area contributed by atoms with Crippen LogP contribution in [-0.4, -0.2) is 17.8 Å². The SMILES string of the molecule is Cc1cc(C)cc(N2C(=O)NC(=O)/C(=C\c3cc(C)oc3C)C2=O)c1. The molecule has 6 nitrogen and oxygen atoms in total. The molecular weight excluding hydrogens is 320 g/mol. The van der Waals surface area contributed by atoms with Crippen LogP contribution in [0, 0.1) is 27.7 Å². The van der Waals surface area contributed by atoms with Crippen LogP contribution in [0.15, 0.2) is 34.3 Å². The summed E-state index contributed by atoms with van der Waals surface area (Å²) in [5.74, 6) is -0.0958. The third-order valence-corrected chi connectivity index (χ3v) is 3.95. The molecule has 2 heterocycles. The molecule has 1 saturated heterocycles. The number of barbiturate groups is 1. The molecular formula is C19H18N2O4. The number of nitrogens with zero attached hydrogens (tertiary/aromatic N) is 1. The van der Waals surface area contributed by atoms with Gasteiger partial charge in [0.25, 0.3) is 11.8 Å². The van der Waals surface area contributed by atoms with Crippen LogP contribution in [0.4, 0.5) is 10.5 Å². The zero-order valence-electron chi connectivity index (χ0n) is 14.5. The van der Waals surface area contributed by atoms with E-state index >= 15 is 0 Å². The van der Waals surface area contributed by atoms with Crippen molar-refractivity contribution in [3.8, 4) is 0 Å². The number of nitrogens with one attached hydrogen (secondary N) is 1. The minimum absolute atomic E-state index is 0.109. The zero-order chi connectivity index (χ0) is 18.3. The largest absolute Gasteiger partial charge is 0.466 e. The second kappa shape index (κ2) is 6.05. The lowest BCUT2D eigenvalue weighted by atomic mass is 10.1. The molecule has 1 aliphatic heterocycles. The molecule has 4 amide bonds. The van der Waals surface area contributed by atoms with Gasteiger partial charge in [-0.05, 0) is 63.1 Å². The molecule has 1 N–H and O–H groups in total. The molecule has 3 rings (SSSR count). The van der Waals surface area contributed by atoms with Gasteiger partial charge in [-0.25, -0.2) is 9.69 Å². The van der Waals surface area contributed by atoms with Gasteiger partial charge in [0.15, 0.2) is 0 Å². The number of rotatable bonds is 2. The van der Waals surface area contributed by atoms with Gasteiger partial charge in [-0.2, -0.15) is 0 Å². The Labute approximate surface area is 145 Å². The summed E-state index contributed by atoms with van der Waals surface area (Å²) in [6.45, 7) is 7.28. The van der Waals surface area contributed by atoms with Crippen LogP contribution < -0.4 is 10.2 Å². The van der Waals surface area contributed by atoms with Gasteiger partial charge in [0.2, 0.25) is 0 Å². The monoisotopic (exact) mass is 338 g/mol. The molecule has 0 aliphatic carbocycles. The summed E-state index contributed by atoms with van der Waals surface area (Å²) in [5, 5.41) is 2.22. The summed E-state index contributed by atoms with van der Waals surface area (Å²) >= 11 is 0. The molecule has 0 unspecified atom stereocenters. The molecule has 1 aromatic heterocycles. The first-order valence-corrected chi connectivity index (χ1v) is 7.83. The van der Waals surface area contributed by atoms with Gasteiger partial charge in [-0.3, -0.25) is 14.9 Å². The summed E-state index contributed by atoms with van der Waals surface area (Å²) in [5.41, 5.74) is 2.78. The molecule has 25 heavy (non-hydrogen) atoms. The smallest absolute Gasteiger partial charge is 0.335 e. The fraction of sp³-hybridized carbons (Fsp3) is 0.211. The van der Waals surface area contributed by atoms with Gasteiger partial charge in [-0.15, -0.1) is 0 Å². The van der Waals surface area contributed by atoms with Crippen molar-refractivity contribution in [2.24, 2.45) is 0 Å². The van der Waals surface area contributed by atoms with Gasteiger partial charge in [0.1, 0.15) is 17.1 Å². The van der Waals surface area contributed by atoms with Gasteiger partial charge in [-0.1, -0.05) is 6.07 Å². The summed E-state index contributed by atoms with van der Waals surface area (Å²) < 4.78 is 5.42. The maximum absolute atomic E-state index is 12.8. The van der Waals surface area contributed by atoms with Crippen molar-refractivity contribution in [3.63, 3.8) is 0 Å². The topological polar surface area (TPSA) is 79.6 Å². The molecule has 6 heteroatoms. The predicted molar refractivity (Wildman–Crippen MR) is 93.1 cm³/mol. The highest BCUT2D eigenvalue weighted by molar-refractivity contribution is 6.39. The van der Waals surface area contributed by atoms with E-state index in [0.717, 1.165) is 16.0 Å². The second-order valence-electron chi connectivity index (χ2n) is 6.17. The summed E-state index contributed by atoms with van der Waals surface area (Å²) in [4.78, 5) is 38.2. The van der Waals surface area contributed by atoms with Crippen LogP contribution in [0.25, 0.3) is 6.08 Å². The van der Waals surface area contributed by atoms with Crippen molar-refractivity contribution in [2.45, 2.75) is 27.7 Å². The summed E-state index contributed by atoms with van der Waals surface area (Å²) in [6, 6.07) is 6.38. The van der Waals surface area contributed by atoms with Crippen molar-refractivity contribution in [1.29, 1.82) is 0 Å². The van der Waals surface area contributed by atoms with E-state index in [1.807, 2.05) is 19.9 Å². The Morgan fingerprint density at radius 3 is 2.16 bits per heavy atom. The van der Waals surface area contributed by atoms with E-state index in [-0.39, 0.29) is 5.57 Å². The van der Waals surface area contributed by atoms with Crippen LogP contribution in [0.3, 0.4) is 0 Å². The van der Waals surface area contributed by atoms with Gasteiger partial charge >= 0.3 is 6.03 Å². The molecule has 2 aromatic rings. The number of imide groups is 2. The number of urea groups is 1. The van der Waals surface area contributed by atoms with Gasteiger partial charge in [0.05, 0.1) is 5.69 Å². The van der Waals surface area contributed by atoms with E-state index in [1.54, 1.807) is 32.0 Å². The molecule has 0 radical (unpaired) electrons. The van der Waals surface area contributed by atoms with Gasteiger partial charge in [0, 0.05) is 5.56 Å². The first-order chi connectivity index (χ1) is 11.8. The van der Waals surface area contributed by atoms with Crippen molar-refractivity contribution in [3.05, 3.63) is 58.0 Å². The summed E-state index contributed by atoms with van der Waals surface area (Å²) in [6.07, 6.45) is 1.45. The zero-order valence-corrected chi connectivity index (χ0v) is 14.5. The highest BCUT2D eigenvalue weighted by atomic mass is 16.3. The molecule has 0 saturated carbocycles. The number of amides is 4. The Bertz CT molecular complexity index is 917. The first-order valence-electron chi connectivity index (χ1n) is 7.83. The number of aryl methyl sites for hydroxylation is 4. The van der Waals surface area contributed by atoms with E-state index in [9.17, 15) is 14.4 Å². The third kappa shape index (κ3) is 3.10. The fourth-order valence-electron chi connectivity index (χ4n) is 2.92. The number of hydrogen-bond donors (Lipinski definition) is 1. The summed E-state index contributed by atoms with van der Waals surface area (Å²) in [7, 11) is 0. The molecule has 0 atom stereocenters. The van der Waals surface area contributed by atoms with Crippen molar-refractivity contribution >= 4 is 29.6 Å². The lowest BCUT2D eigenvalue weighted by molar-refractivity contribution is -0.122. The van der Waals surface area contributed by atoms with Crippen LogP contribution in [0.2, 0.25) is 0 Å². The third-order valence-electron chi connectivity index (χ3n) is 3.95. The number of benzene rings is 1. The Morgan fingerprint density at radius 1 is 0.960 bits per heavy atom. The highest BCUT2D eigenvalue weighted by Gasteiger charge is 2.37. The van der Waals surface area contributed by atoms with Crippen LogP contribution in [-0.2, 0) is 9.59 Å². The Balaban J connectivity index is 2.07.